The molecule has 6 heteroatoms. The van der Waals surface area contributed by atoms with Crippen LogP contribution >= 0.6 is 23.4 Å². The Morgan fingerprint density at radius 2 is 1.90 bits per heavy atom. The molecule has 0 amide bonds. The number of nitrogens with zero attached hydrogens (tertiary/aromatic N) is 3. The van der Waals surface area contributed by atoms with Gasteiger partial charge >= 0.3 is 5.69 Å². The molecule has 0 saturated carbocycles. The summed E-state index contributed by atoms with van der Waals surface area (Å²) in [5, 5.41) is 1.19. The number of benzene rings is 1. The zero-order valence-electron chi connectivity index (χ0n) is 10.4. The molecule has 0 spiro atoms. The van der Waals surface area contributed by atoms with Gasteiger partial charge in [-0.2, -0.15) is 4.98 Å². The quantitative estimate of drug-likeness (QED) is 0.698. The summed E-state index contributed by atoms with van der Waals surface area (Å²) in [6.45, 7) is 0. The highest BCUT2D eigenvalue weighted by Gasteiger charge is 2.04. The molecule has 100 valence electrons. The van der Waals surface area contributed by atoms with Gasteiger partial charge in [0, 0.05) is 17.0 Å². The van der Waals surface area contributed by atoms with Gasteiger partial charge in [0.25, 0.3) is 0 Å². The van der Waals surface area contributed by atoms with Crippen molar-refractivity contribution in [2.75, 3.05) is 0 Å². The number of thioether (sulfide) groups is 1. The summed E-state index contributed by atoms with van der Waals surface area (Å²) in [7, 11) is 0. The van der Waals surface area contributed by atoms with E-state index in [1.165, 1.54) is 16.2 Å². The molecule has 0 saturated heterocycles. The summed E-state index contributed by atoms with van der Waals surface area (Å²) in [5.41, 5.74) is 1.40. The Kier molecular flexibility index (Phi) is 3.71. The standard InChI is InChI=1S/C14H10ClN3OS/c15-11-6-4-10(5-7-11)9-20-13-16-12-3-1-2-8-18(12)14(19)17-13/h1-8H,9H2. The lowest BCUT2D eigenvalue weighted by Gasteiger charge is -2.03. The fraction of sp³-hybridized carbons (Fsp3) is 0.0714. The van der Waals surface area contributed by atoms with Crippen LogP contribution in [0.3, 0.4) is 0 Å². The lowest BCUT2D eigenvalue weighted by Crippen LogP contribution is -2.18. The molecule has 0 aliphatic rings. The van der Waals surface area contributed by atoms with Crippen molar-refractivity contribution in [3.05, 3.63) is 69.7 Å². The predicted molar refractivity (Wildman–Crippen MR) is 80.3 cm³/mol. The molecule has 20 heavy (non-hydrogen) atoms. The van der Waals surface area contributed by atoms with Gasteiger partial charge in [-0.1, -0.05) is 41.6 Å². The van der Waals surface area contributed by atoms with E-state index in [1.807, 2.05) is 30.3 Å². The van der Waals surface area contributed by atoms with Gasteiger partial charge in [0.2, 0.25) is 0 Å². The zero-order chi connectivity index (χ0) is 13.9. The number of hydrogen-bond acceptors (Lipinski definition) is 4. The van der Waals surface area contributed by atoms with E-state index in [0.29, 0.717) is 21.6 Å². The minimum atomic E-state index is -0.311. The number of rotatable bonds is 3. The van der Waals surface area contributed by atoms with Crippen molar-refractivity contribution in [2.24, 2.45) is 0 Å². The van der Waals surface area contributed by atoms with Gasteiger partial charge in [0.05, 0.1) is 0 Å². The molecule has 0 unspecified atom stereocenters. The summed E-state index contributed by atoms with van der Waals surface area (Å²) in [4.78, 5) is 20.2. The molecule has 0 aliphatic carbocycles. The molecule has 4 nitrogen and oxygen atoms in total. The van der Waals surface area contributed by atoms with E-state index in [0.717, 1.165) is 5.56 Å². The topological polar surface area (TPSA) is 47.3 Å². The van der Waals surface area contributed by atoms with Gasteiger partial charge in [0.1, 0.15) is 5.65 Å². The smallest absolute Gasteiger partial charge is 0.251 e. The fourth-order valence-corrected chi connectivity index (χ4v) is 2.65. The average molecular weight is 304 g/mol. The van der Waals surface area contributed by atoms with Crippen molar-refractivity contribution in [3.63, 3.8) is 0 Å². The molecular formula is C14H10ClN3OS. The molecule has 2 heterocycles. The largest absolute Gasteiger partial charge is 0.355 e. The molecule has 0 aliphatic heterocycles. The van der Waals surface area contributed by atoms with E-state index >= 15 is 0 Å². The van der Waals surface area contributed by atoms with Crippen LogP contribution in [0.5, 0.6) is 0 Å². The second-order valence-electron chi connectivity index (χ2n) is 4.13. The third kappa shape index (κ3) is 2.84. The lowest BCUT2D eigenvalue weighted by molar-refractivity contribution is 0.846. The highest BCUT2D eigenvalue weighted by atomic mass is 35.5. The summed E-state index contributed by atoms with van der Waals surface area (Å²) in [6.07, 6.45) is 1.66. The van der Waals surface area contributed by atoms with E-state index in [9.17, 15) is 4.79 Å². The lowest BCUT2D eigenvalue weighted by atomic mass is 10.2. The molecule has 0 bridgehead atoms. The molecule has 0 fully saturated rings. The molecule has 3 aromatic rings. The maximum Gasteiger partial charge on any atom is 0.355 e. The number of hydrogen-bond donors (Lipinski definition) is 0. The molecular weight excluding hydrogens is 294 g/mol. The SMILES string of the molecule is O=c1nc(SCc2ccc(Cl)cc2)nc2ccccn12. The Morgan fingerprint density at radius 1 is 1.10 bits per heavy atom. The van der Waals surface area contributed by atoms with Crippen LogP contribution in [-0.4, -0.2) is 14.4 Å². The second kappa shape index (κ2) is 5.64. The van der Waals surface area contributed by atoms with Crippen LogP contribution < -0.4 is 5.69 Å². The normalized spacial score (nSPS) is 10.8. The zero-order valence-corrected chi connectivity index (χ0v) is 11.9. The van der Waals surface area contributed by atoms with E-state index in [1.54, 1.807) is 18.3 Å². The van der Waals surface area contributed by atoms with Gasteiger partial charge in [-0.25, -0.2) is 9.78 Å². The third-order valence-corrected chi connectivity index (χ3v) is 3.90. The summed E-state index contributed by atoms with van der Waals surface area (Å²) in [5.74, 6) is 0.694. The molecule has 0 atom stereocenters. The van der Waals surface area contributed by atoms with Crippen molar-refractivity contribution in [1.29, 1.82) is 0 Å². The Labute approximate surface area is 124 Å². The number of halogens is 1. The van der Waals surface area contributed by atoms with Crippen LogP contribution in [0.1, 0.15) is 5.56 Å². The summed E-state index contributed by atoms with van der Waals surface area (Å²) < 4.78 is 1.42. The minimum absolute atomic E-state index is 0.311. The maximum absolute atomic E-state index is 11.8. The third-order valence-electron chi connectivity index (χ3n) is 2.73. The van der Waals surface area contributed by atoms with Gasteiger partial charge < -0.3 is 0 Å². The molecule has 1 aromatic carbocycles. The number of pyridine rings is 1. The molecule has 2 aromatic heterocycles. The molecule has 0 N–H and O–H groups in total. The van der Waals surface area contributed by atoms with Crippen LogP contribution in [0.25, 0.3) is 5.65 Å². The van der Waals surface area contributed by atoms with Gasteiger partial charge in [0.15, 0.2) is 5.16 Å². The second-order valence-corrected chi connectivity index (χ2v) is 5.51. The molecule has 0 radical (unpaired) electrons. The Bertz CT molecular complexity index is 801. The first kappa shape index (κ1) is 13.1. The van der Waals surface area contributed by atoms with Crippen molar-refractivity contribution in [3.8, 4) is 0 Å². The average Bonchev–Trinajstić information content (AvgIpc) is 2.47. The first-order chi connectivity index (χ1) is 9.72. The highest BCUT2D eigenvalue weighted by molar-refractivity contribution is 7.98. The first-order valence-corrected chi connectivity index (χ1v) is 7.31. The van der Waals surface area contributed by atoms with Crippen LogP contribution in [0.4, 0.5) is 0 Å². The Morgan fingerprint density at radius 3 is 2.70 bits per heavy atom. The van der Waals surface area contributed by atoms with Crippen LogP contribution in [-0.2, 0) is 5.75 Å². The highest BCUT2D eigenvalue weighted by Crippen LogP contribution is 2.19. The van der Waals surface area contributed by atoms with Crippen LogP contribution in [0.2, 0.25) is 5.02 Å². The van der Waals surface area contributed by atoms with E-state index in [2.05, 4.69) is 9.97 Å². The summed E-state index contributed by atoms with van der Waals surface area (Å²) >= 11 is 7.27. The minimum Gasteiger partial charge on any atom is -0.251 e. The number of aromatic nitrogens is 3. The molecule has 3 rings (SSSR count). The van der Waals surface area contributed by atoms with Gasteiger partial charge in [-0.3, -0.25) is 4.40 Å². The van der Waals surface area contributed by atoms with Gasteiger partial charge in [-0.05, 0) is 29.8 Å². The van der Waals surface area contributed by atoms with Gasteiger partial charge in [-0.15, -0.1) is 0 Å². The fourth-order valence-electron chi connectivity index (χ4n) is 1.74. The van der Waals surface area contributed by atoms with E-state index in [-0.39, 0.29) is 5.69 Å². The first-order valence-electron chi connectivity index (χ1n) is 5.95. The van der Waals surface area contributed by atoms with Crippen molar-refractivity contribution in [1.82, 2.24) is 14.4 Å². The van der Waals surface area contributed by atoms with Crippen LogP contribution in [0.15, 0.2) is 58.6 Å². The Hall–Kier alpha value is -1.85. The summed E-state index contributed by atoms with van der Waals surface area (Å²) in [6, 6.07) is 13.0. The van der Waals surface area contributed by atoms with Crippen LogP contribution in [0, 0.1) is 0 Å². The number of fused-ring (bicyclic) bond motifs is 1. The Balaban J connectivity index is 1.84. The van der Waals surface area contributed by atoms with Crippen molar-refractivity contribution in [2.45, 2.75) is 10.9 Å². The van der Waals surface area contributed by atoms with E-state index in [4.69, 9.17) is 11.6 Å². The van der Waals surface area contributed by atoms with Crippen molar-refractivity contribution < 1.29 is 0 Å². The monoisotopic (exact) mass is 303 g/mol. The maximum atomic E-state index is 11.8. The van der Waals surface area contributed by atoms with E-state index < -0.39 is 0 Å². The van der Waals surface area contributed by atoms with Crippen molar-refractivity contribution >= 4 is 29.0 Å². The predicted octanol–water partition coefficient (Wildman–Crippen LogP) is 3.04.